The van der Waals surface area contributed by atoms with E-state index in [1.54, 1.807) is 30.6 Å². The van der Waals surface area contributed by atoms with Crippen LogP contribution >= 0.6 is 11.6 Å². The number of rotatable bonds is 9. The summed E-state index contributed by atoms with van der Waals surface area (Å²) in [7, 11) is 2.93. The predicted octanol–water partition coefficient (Wildman–Crippen LogP) is 4.26. The number of benzene rings is 1. The minimum absolute atomic E-state index is 0.00286. The number of carbonyl (C=O) groups excluding carboxylic acids is 1. The van der Waals surface area contributed by atoms with Crippen LogP contribution in [0, 0.1) is 0 Å². The summed E-state index contributed by atoms with van der Waals surface area (Å²) in [5.41, 5.74) is 2.34. The van der Waals surface area contributed by atoms with Crippen molar-refractivity contribution in [2.75, 3.05) is 21.0 Å². The van der Waals surface area contributed by atoms with Crippen LogP contribution in [-0.4, -0.2) is 31.9 Å². The highest BCUT2D eigenvalue weighted by Gasteiger charge is 2.23. The van der Waals surface area contributed by atoms with E-state index < -0.39 is 5.78 Å². The fourth-order valence-electron chi connectivity index (χ4n) is 2.63. The lowest BCUT2D eigenvalue weighted by Gasteiger charge is -2.17. The van der Waals surface area contributed by atoms with Gasteiger partial charge in [-0.1, -0.05) is 23.3 Å². The number of hydrogen-bond donors (Lipinski definition) is 1. The van der Waals surface area contributed by atoms with Gasteiger partial charge in [0.1, 0.15) is 27.8 Å². The van der Waals surface area contributed by atoms with Crippen LogP contribution in [-0.2, 0) is 11.2 Å². The molecule has 154 valence electrons. The first kappa shape index (κ1) is 22.5. The van der Waals surface area contributed by atoms with E-state index in [9.17, 15) is 9.90 Å². The van der Waals surface area contributed by atoms with Crippen LogP contribution in [0.2, 0.25) is 5.02 Å². The van der Waals surface area contributed by atoms with Gasteiger partial charge >= 0.3 is 0 Å². The van der Waals surface area contributed by atoms with Gasteiger partial charge in [0.25, 0.3) is 0 Å². The van der Waals surface area contributed by atoms with Crippen molar-refractivity contribution in [2.45, 2.75) is 20.3 Å². The number of aromatic hydroxyl groups is 1. The molecule has 0 aliphatic heterocycles. The summed E-state index contributed by atoms with van der Waals surface area (Å²) in [4.78, 5) is 15.8. The summed E-state index contributed by atoms with van der Waals surface area (Å²) in [6.07, 6.45) is 8.63. The Morgan fingerprint density at radius 1 is 1.21 bits per heavy atom. The molecule has 0 bridgehead atoms. The Hall–Kier alpha value is -2.83. The molecule has 0 spiro atoms. The molecule has 1 aromatic heterocycles. The Morgan fingerprint density at radius 3 is 2.59 bits per heavy atom. The zero-order chi connectivity index (χ0) is 21.4. The number of ether oxygens (including phenoxy) is 3. The highest BCUT2D eigenvalue weighted by molar-refractivity contribution is 6.30. The molecule has 0 unspecified atom stereocenters. The monoisotopic (exact) mass is 418 g/mol. The molecule has 0 atom stereocenters. The quantitative estimate of drug-likeness (QED) is 0.285. The van der Waals surface area contributed by atoms with E-state index in [-0.39, 0.29) is 23.9 Å². The van der Waals surface area contributed by atoms with Crippen LogP contribution in [0.25, 0.3) is 6.08 Å². The summed E-state index contributed by atoms with van der Waals surface area (Å²) < 4.78 is 15.9. The molecule has 0 aliphatic rings. The second-order valence-electron chi connectivity index (χ2n) is 6.50. The molecule has 0 amide bonds. The highest BCUT2D eigenvalue weighted by Crippen LogP contribution is 2.40. The number of hydrogen-bond acceptors (Lipinski definition) is 5. The van der Waals surface area contributed by atoms with Crippen molar-refractivity contribution in [3.63, 3.8) is 0 Å². The second-order valence-corrected chi connectivity index (χ2v) is 6.93. The Labute approximate surface area is 175 Å². The van der Waals surface area contributed by atoms with Gasteiger partial charge in [-0.15, -0.1) is 0 Å². The fourth-order valence-corrected chi connectivity index (χ4v) is 2.82. The van der Waals surface area contributed by atoms with Gasteiger partial charge in [0.15, 0.2) is 25.0 Å². The van der Waals surface area contributed by atoms with Gasteiger partial charge in [-0.25, -0.2) is 4.98 Å². The van der Waals surface area contributed by atoms with Crippen molar-refractivity contribution in [2.24, 2.45) is 0 Å². The first-order chi connectivity index (χ1) is 13.9. The first-order valence-electron chi connectivity index (χ1n) is 8.94. The molecule has 0 aliphatic carbocycles. The third-order valence-electron chi connectivity index (χ3n) is 4.04. The molecule has 0 saturated heterocycles. The summed E-state index contributed by atoms with van der Waals surface area (Å²) in [5.74, 6) is 0.0156. The lowest BCUT2D eigenvalue weighted by molar-refractivity contribution is -0.378. The number of aromatic amines is 1. The molecule has 0 fully saturated rings. The maximum atomic E-state index is 12.9. The largest absolute Gasteiger partial charge is 0.507 e. The molecule has 29 heavy (non-hydrogen) atoms. The Morgan fingerprint density at radius 2 is 1.97 bits per heavy atom. The minimum atomic E-state index is -0.406. The van der Waals surface area contributed by atoms with Crippen LogP contribution in [0.15, 0.2) is 42.3 Å². The van der Waals surface area contributed by atoms with E-state index in [4.69, 9.17) is 25.8 Å². The Kier molecular flexibility index (Phi) is 8.24. The van der Waals surface area contributed by atoms with Crippen molar-refractivity contribution >= 4 is 23.5 Å². The van der Waals surface area contributed by atoms with Crippen LogP contribution < -0.4 is 14.5 Å². The molecule has 0 saturated carbocycles. The third-order valence-corrected chi connectivity index (χ3v) is 4.26. The molecule has 2 N–H and O–H groups in total. The number of halogens is 1. The summed E-state index contributed by atoms with van der Waals surface area (Å²) in [5, 5.41) is 11.4. The van der Waals surface area contributed by atoms with Crippen molar-refractivity contribution in [1.82, 2.24) is 0 Å². The van der Waals surface area contributed by atoms with E-state index in [1.165, 1.54) is 20.3 Å². The lowest BCUT2D eigenvalue weighted by atomic mass is 9.99. The number of nitrogens with one attached hydrogen (secondary N) is 1. The summed E-state index contributed by atoms with van der Waals surface area (Å²) in [6, 6.07) is 3.29. The van der Waals surface area contributed by atoms with Crippen molar-refractivity contribution < 1.29 is 29.1 Å². The minimum Gasteiger partial charge on any atom is -0.507 e. The zero-order valence-corrected chi connectivity index (χ0v) is 17.7. The maximum Gasteiger partial charge on any atom is 0.193 e. The topological polar surface area (TPSA) is 79.1 Å². The van der Waals surface area contributed by atoms with Crippen molar-refractivity contribution in [1.29, 1.82) is 0 Å². The lowest BCUT2D eigenvalue weighted by Crippen LogP contribution is -2.07. The van der Waals surface area contributed by atoms with Gasteiger partial charge in [0, 0.05) is 24.3 Å². The number of allylic oxidation sites excluding steroid dienone is 3. The van der Waals surface area contributed by atoms with Crippen LogP contribution in [0.4, 0.5) is 0 Å². The molecule has 6 nitrogen and oxygen atoms in total. The number of phenolic OH excluding ortho intramolecular Hbond substituents is 1. The van der Waals surface area contributed by atoms with Gasteiger partial charge in [-0.05, 0) is 38.5 Å². The molecule has 0 radical (unpaired) electrons. The maximum absolute atomic E-state index is 12.9. The SMILES string of the molecule is COCOc1cc(OC)c(C(=O)/C=C/c2c[nH+]cc(Cl)c2)c(O)c1CC=C(C)C. The van der Waals surface area contributed by atoms with Gasteiger partial charge in [0.2, 0.25) is 0 Å². The summed E-state index contributed by atoms with van der Waals surface area (Å²) in [6.45, 7) is 3.91. The van der Waals surface area contributed by atoms with Gasteiger partial charge < -0.3 is 19.3 Å². The average molecular weight is 419 g/mol. The molecular formula is C22H25ClNO5+. The molecule has 7 heteroatoms. The highest BCUT2D eigenvalue weighted by atomic mass is 35.5. The Bertz CT molecular complexity index is 933. The number of phenols is 1. The van der Waals surface area contributed by atoms with Crippen LogP contribution in [0.5, 0.6) is 17.2 Å². The predicted molar refractivity (Wildman–Crippen MR) is 112 cm³/mol. The number of carbonyl (C=O) groups is 1. The number of ketones is 1. The number of pyridine rings is 1. The first-order valence-corrected chi connectivity index (χ1v) is 9.32. The van der Waals surface area contributed by atoms with E-state index in [0.717, 1.165) is 5.57 Å². The molecule has 1 heterocycles. The van der Waals surface area contributed by atoms with Crippen LogP contribution in [0.3, 0.4) is 0 Å². The number of aromatic nitrogens is 1. The van der Waals surface area contributed by atoms with E-state index in [2.05, 4.69) is 4.98 Å². The molecular weight excluding hydrogens is 394 g/mol. The number of methoxy groups -OCH3 is 2. The zero-order valence-electron chi connectivity index (χ0n) is 16.9. The summed E-state index contributed by atoms with van der Waals surface area (Å²) >= 11 is 5.95. The van der Waals surface area contributed by atoms with E-state index in [1.807, 2.05) is 19.9 Å². The van der Waals surface area contributed by atoms with Crippen LogP contribution in [0.1, 0.15) is 35.3 Å². The fraction of sp³-hybridized carbons (Fsp3) is 0.273. The smallest absolute Gasteiger partial charge is 0.193 e. The van der Waals surface area contributed by atoms with Gasteiger partial charge in [0.05, 0.1) is 7.11 Å². The van der Waals surface area contributed by atoms with Crippen molar-refractivity contribution in [3.05, 3.63) is 64.0 Å². The molecule has 2 aromatic rings. The molecule has 1 aromatic carbocycles. The van der Waals surface area contributed by atoms with Crippen molar-refractivity contribution in [3.8, 4) is 17.2 Å². The average Bonchev–Trinajstić information content (AvgIpc) is 2.69. The third kappa shape index (κ3) is 6.07. The van der Waals surface area contributed by atoms with E-state index in [0.29, 0.717) is 28.3 Å². The number of H-pyrrole nitrogens is 1. The molecule has 2 rings (SSSR count). The Balaban J connectivity index is 2.49. The van der Waals surface area contributed by atoms with Gasteiger partial charge in [-0.2, -0.15) is 0 Å². The van der Waals surface area contributed by atoms with Gasteiger partial charge in [-0.3, -0.25) is 4.79 Å². The standard InChI is InChI=1S/C22H24ClNO5/c1-14(2)5-7-17-19(29-13-27-3)10-20(28-4)21(22(17)26)18(25)8-6-15-9-16(23)12-24-11-15/h5-6,8-12,26H,7,13H2,1-4H3/p+1/b8-6+. The second kappa shape index (κ2) is 10.6. The normalized spacial score (nSPS) is 10.8. The van der Waals surface area contributed by atoms with E-state index >= 15 is 0 Å².